The summed E-state index contributed by atoms with van der Waals surface area (Å²) in [6, 6.07) is 15.8. The molecule has 0 spiro atoms. The van der Waals surface area contributed by atoms with Gasteiger partial charge in [-0.3, -0.25) is 19.6 Å². The van der Waals surface area contributed by atoms with E-state index in [1.165, 1.54) is 12.1 Å². The van der Waals surface area contributed by atoms with Crippen LogP contribution < -0.4 is 0 Å². The molecule has 132 valence electrons. The minimum atomic E-state index is -0.438. The van der Waals surface area contributed by atoms with E-state index in [0.717, 1.165) is 22.4 Å². The molecule has 0 bridgehead atoms. The molecule has 3 rings (SSSR count). The van der Waals surface area contributed by atoms with E-state index in [1.54, 1.807) is 29.9 Å². The van der Waals surface area contributed by atoms with Gasteiger partial charge in [0.1, 0.15) is 6.54 Å². The number of hydrogen-bond acceptors (Lipinski definition) is 5. The topological polar surface area (TPSA) is 87.3 Å². The van der Waals surface area contributed by atoms with Crippen LogP contribution in [0, 0.1) is 10.1 Å². The molecule has 0 radical (unpaired) electrons. The molecular weight excluding hydrogens is 334 g/mol. The first-order valence-electron chi connectivity index (χ1n) is 8.12. The monoisotopic (exact) mass is 351 g/mol. The van der Waals surface area contributed by atoms with Crippen molar-refractivity contribution in [2.24, 2.45) is 0 Å². The minimum absolute atomic E-state index is 0.00888. The van der Waals surface area contributed by atoms with Gasteiger partial charge < -0.3 is 4.74 Å². The quantitative estimate of drug-likeness (QED) is 0.384. The first-order chi connectivity index (χ1) is 12.6. The summed E-state index contributed by atoms with van der Waals surface area (Å²) >= 11 is 0. The van der Waals surface area contributed by atoms with E-state index in [0.29, 0.717) is 6.61 Å². The number of carbonyl (C=O) groups is 1. The van der Waals surface area contributed by atoms with Crippen LogP contribution in [0.1, 0.15) is 6.92 Å². The zero-order chi connectivity index (χ0) is 18.5. The lowest BCUT2D eigenvalue weighted by molar-refractivity contribution is -0.384. The molecule has 0 saturated heterocycles. The lowest BCUT2D eigenvalue weighted by Gasteiger charge is -2.10. The zero-order valence-corrected chi connectivity index (χ0v) is 14.2. The third kappa shape index (κ3) is 3.61. The summed E-state index contributed by atoms with van der Waals surface area (Å²) in [5.41, 5.74) is 3.24. The molecule has 0 aliphatic carbocycles. The Kier molecular flexibility index (Phi) is 5.07. The van der Waals surface area contributed by atoms with Gasteiger partial charge in [-0.1, -0.05) is 30.3 Å². The van der Waals surface area contributed by atoms with Crippen LogP contribution in [0.25, 0.3) is 22.4 Å². The number of nitrogens with zero attached hydrogens (tertiary/aromatic N) is 3. The number of benzene rings is 2. The third-order valence-corrected chi connectivity index (χ3v) is 3.86. The smallest absolute Gasteiger partial charge is 0.327 e. The predicted octanol–water partition coefficient (Wildman–Crippen LogP) is 3.69. The van der Waals surface area contributed by atoms with Crippen molar-refractivity contribution in [2.75, 3.05) is 6.61 Å². The number of rotatable bonds is 6. The average molecular weight is 351 g/mol. The number of nitro groups is 1. The van der Waals surface area contributed by atoms with Gasteiger partial charge in [-0.2, -0.15) is 5.10 Å². The second-order valence-electron chi connectivity index (χ2n) is 5.54. The zero-order valence-electron chi connectivity index (χ0n) is 14.2. The molecule has 0 N–H and O–H groups in total. The third-order valence-electron chi connectivity index (χ3n) is 3.86. The highest BCUT2D eigenvalue weighted by Crippen LogP contribution is 2.33. The highest BCUT2D eigenvalue weighted by Gasteiger charge is 2.17. The van der Waals surface area contributed by atoms with Crippen molar-refractivity contribution in [1.82, 2.24) is 9.78 Å². The van der Waals surface area contributed by atoms with Gasteiger partial charge in [0.05, 0.1) is 23.4 Å². The van der Waals surface area contributed by atoms with Crippen LogP contribution in [0.4, 0.5) is 5.69 Å². The van der Waals surface area contributed by atoms with Crippen LogP contribution >= 0.6 is 0 Å². The van der Waals surface area contributed by atoms with Gasteiger partial charge in [-0.15, -0.1) is 0 Å². The standard InChI is InChI=1S/C19H17N3O4/c1-2-26-18(23)13-21-19(15-6-4-3-5-7-15)17(12-20-21)14-8-10-16(11-9-14)22(24)25/h3-12H,2,13H2,1H3. The predicted molar refractivity (Wildman–Crippen MR) is 96.4 cm³/mol. The van der Waals surface area contributed by atoms with Crippen LogP contribution in [0.5, 0.6) is 0 Å². The van der Waals surface area contributed by atoms with E-state index in [4.69, 9.17) is 4.74 Å². The molecule has 1 aromatic heterocycles. The van der Waals surface area contributed by atoms with E-state index >= 15 is 0 Å². The van der Waals surface area contributed by atoms with E-state index in [-0.39, 0.29) is 18.2 Å². The maximum atomic E-state index is 11.9. The number of ether oxygens (including phenoxy) is 1. The molecule has 0 fully saturated rings. The van der Waals surface area contributed by atoms with Gasteiger partial charge in [0.15, 0.2) is 0 Å². The van der Waals surface area contributed by atoms with Gasteiger partial charge in [0, 0.05) is 23.3 Å². The molecule has 2 aromatic carbocycles. The SMILES string of the molecule is CCOC(=O)Cn1ncc(-c2ccc([N+](=O)[O-])cc2)c1-c1ccccc1. The Balaban J connectivity index is 2.06. The summed E-state index contributed by atoms with van der Waals surface area (Å²) < 4.78 is 6.61. The molecule has 0 atom stereocenters. The van der Waals surface area contributed by atoms with E-state index < -0.39 is 4.92 Å². The molecular formula is C19H17N3O4. The van der Waals surface area contributed by atoms with Gasteiger partial charge in [0.2, 0.25) is 0 Å². The number of aromatic nitrogens is 2. The summed E-state index contributed by atoms with van der Waals surface area (Å²) in [7, 11) is 0. The highest BCUT2D eigenvalue weighted by molar-refractivity contribution is 5.82. The first kappa shape index (κ1) is 17.3. The van der Waals surface area contributed by atoms with Crippen molar-refractivity contribution in [2.45, 2.75) is 13.5 Å². The van der Waals surface area contributed by atoms with E-state index in [1.807, 2.05) is 30.3 Å². The molecule has 0 aliphatic heterocycles. The average Bonchev–Trinajstić information content (AvgIpc) is 3.06. The summed E-state index contributed by atoms with van der Waals surface area (Å²) in [4.78, 5) is 22.3. The number of non-ortho nitro benzene ring substituents is 1. The minimum Gasteiger partial charge on any atom is -0.465 e. The van der Waals surface area contributed by atoms with Crippen LogP contribution in [-0.2, 0) is 16.1 Å². The van der Waals surface area contributed by atoms with Crippen molar-refractivity contribution in [1.29, 1.82) is 0 Å². The van der Waals surface area contributed by atoms with Crippen molar-refractivity contribution in [3.63, 3.8) is 0 Å². The molecule has 0 saturated carbocycles. The second kappa shape index (κ2) is 7.60. The van der Waals surface area contributed by atoms with Crippen LogP contribution in [0.15, 0.2) is 60.8 Å². The van der Waals surface area contributed by atoms with Crippen LogP contribution in [-0.4, -0.2) is 27.3 Å². The molecule has 7 heteroatoms. The molecule has 26 heavy (non-hydrogen) atoms. The lowest BCUT2D eigenvalue weighted by atomic mass is 10.0. The Hall–Kier alpha value is -3.48. The molecule has 3 aromatic rings. The summed E-state index contributed by atoms with van der Waals surface area (Å²) in [6.07, 6.45) is 1.66. The molecule has 7 nitrogen and oxygen atoms in total. The fourth-order valence-corrected chi connectivity index (χ4v) is 2.71. The number of carbonyl (C=O) groups excluding carboxylic acids is 1. The number of hydrogen-bond donors (Lipinski definition) is 0. The fourth-order valence-electron chi connectivity index (χ4n) is 2.71. The summed E-state index contributed by atoms with van der Waals surface area (Å²) in [5.74, 6) is -0.372. The number of nitro benzene ring substituents is 1. The Morgan fingerprint density at radius 1 is 1.12 bits per heavy atom. The lowest BCUT2D eigenvalue weighted by Crippen LogP contribution is -2.15. The van der Waals surface area contributed by atoms with E-state index in [2.05, 4.69) is 5.10 Å². The van der Waals surface area contributed by atoms with Crippen molar-refractivity contribution >= 4 is 11.7 Å². The van der Waals surface area contributed by atoms with Gasteiger partial charge in [-0.05, 0) is 24.6 Å². The fraction of sp³-hybridized carbons (Fsp3) is 0.158. The Morgan fingerprint density at radius 2 is 1.81 bits per heavy atom. The first-order valence-corrected chi connectivity index (χ1v) is 8.12. The molecule has 0 aliphatic rings. The van der Waals surface area contributed by atoms with Crippen LogP contribution in [0.2, 0.25) is 0 Å². The maximum Gasteiger partial charge on any atom is 0.327 e. The van der Waals surface area contributed by atoms with Crippen LogP contribution in [0.3, 0.4) is 0 Å². The van der Waals surface area contributed by atoms with E-state index in [9.17, 15) is 14.9 Å². The Bertz CT molecular complexity index is 918. The maximum absolute atomic E-state index is 11.9. The highest BCUT2D eigenvalue weighted by atomic mass is 16.6. The van der Waals surface area contributed by atoms with Gasteiger partial charge >= 0.3 is 5.97 Å². The molecule has 1 heterocycles. The van der Waals surface area contributed by atoms with Crippen molar-refractivity contribution < 1.29 is 14.5 Å². The molecule has 0 amide bonds. The normalized spacial score (nSPS) is 10.5. The second-order valence-corrected chi connectivity index (χ2v) is 5.54. The Morgan fingerprint density at radius 3 is 2.42 bits per heavy atom. The summed E-state index contributed by atoms with van der Waals surface area (Å²) in [5, 5.41) is 15.2. The number of esters is 1. The summed E-state index contributed by atoms with van der Waals surface area (Å²) in [6.45, 7) is 2.04. The Labute approximate surface area is 150 Å². The van der Waals surface area contributed by atoms with Crippen molar-refractivity contribution in [3.8, 4) is 22.4 Å². The van der Waals surface area contributed by atoms with Crippen molar-refractivity contribution in [3.05, 3.63) is 70.9 Å². The largest absolute Gasteiger partial charge is 0.465 e. The van der Waals surface area contributed by atoms with Gasteiger partial charge in [0.25, 0.3) is 5.69 Å². The van der Waals surface area contributed by atoms with Gasteiger partial charge in [-0.25, -0.2) is 0 Å². The molecule has 0 unspecified atom stereocenters.